The molecule has 0 saturated carbocycles. The molecule has 1 heterocycles. The number of carboxylic acid groups (broad SMARTS) is 1. The normalized spacial score (nSPS) is 15.4. The molecule has 4 nitrogen and oxygen atoms in total. The molecule has 0 aliphatic carbocycles. The second kappa shape index (κ2) is 6.55. The summed E-state index contributed by atoms with van der Waals surface area (Å²) >= 11 is 0. The zero-order valence-electron chi connectivity index (χ0n) is 14.3. The predicted octanol–water partition coefficient (Wildman–Crippen LogP) is 4.34. The van der Waals surface area contributed by atoms with Gasteiger partial charge in [0.1, 0.15) is 5.75 Å². The summed E-state index contributed by atoms with van der Waals surface area (Å²) in [4.78, 5) is 23.5. The first-order valence-corrected chi connectivity index (χ1v) is 8.20. The van der Waals surface area contributed by atoms with Crippen LogP contribution in [0.15, 0.2) is 48.5 Å². The fourth-order valence-electron chi connectivity index (χ4n) is 2.96. The van der Waals surface area contributed by atoms with Crippen molar-refractivity contribution in [2.45, 2.75) is 25.7 Å². The lowest BCUT2D eigenvalue weighted by molar-refractivity contribution is 0.0696. The van der Waals surface area contributed by atoms with Crippen molar-refractivity contribution in [3.8, 4) is 5.75 Å². The van der Waals surface area contributed by atoms with Gasteiger partial charge in [-0.1, -0.05) is 44.2 Å². The summed E-state index contributed by atoms with van der Waals surface area (Å²) < 4.78 is 5.79. The van der Waals surface area contributed by atoms with Crippen LogP contribution in [0.5, 0.6) is 5.75 Å². The summed E-state index contributed by atoms with van der Waals surface area (Å²) in [6.45, 7) is 4.91. The van der Waals surface area contributed by atoms with Crippen LogP contribution in [0.1, 0.15) is 52.1 Å². The summed E-state index contributed by atoms with van der Waals surface area (Å²) in [5.41, 5.74) is 2.59. The van der Waals surface area contributed by atoms with Crippen molar-refractivity contribution in [2.24, 2.45) is 0 Å². The number of allylic oxidation sites excluding steroid dienone is 1. The topological polar surface area (TPSA) is 63.6 Å². The lowest BCUT2D eigenvalue weighted by atomic mass is 9.79. The van der Waals surface area contributed by atoms with E-state index in [0.29, 0.717) is 17.9 Å². The Labute approximate surface area is 146 Å². The molecule has 128 valence electrons. The summed E-state index contributed by atoms with van der Waals surface area (Å²) in [5, 5.41) is 8.91. The third-order valence-corrected chi connectivity index (χ3v) is 4.57. The van der Waals surface area contributed by atoms with Gasteiger partial charge in [0.2, 0.25) is 0 Å². The Kier molecular flexibility index (Phi) is 4.45. The number of aromatic carboxylic acids is 1. The summed E-state index contributed by atoms with van der Waals surface area (Å²) in [7, 11) is 0. The highest BCUT2D eigenvalue weighted by atomic mass is 16.5. The fraction of sp³-hybridized carbons (Fsp3) is 0.238. The number of rotatable bonds is 4. The second-order valence-corrected chi connectivity index (χ2v) is 6.79. The van der Waals surface area contributed by atoms with E-state index in [9.17, 15) is 9.59 Å². The minimum Gasteiger partial charge on any atom is -0.492 e. The van der Waals surface area contributed by atoms with Gasteiger partial charge in [-0.15, -0.1) is 0 Å². The molecule has 0 radical (unpaired) electrons. The van der Waals surface area contributed by atoms with Crippen molar-refractivity contribution in [3.63, 3.8) is 0 Å². The molecule has 0 fully saturated rings. The van der Waals surface area contributed by atoms with Gasteiger partial charge in [0.25, 0.3) is 0 Å². The van der Waals surface area contributed by atoms with E-state index in [-0.39, 0.29) is 16.8 Å². The average Bonchev–Trinajstić information content (AvgIpc) is 2.59. The third kappa shape index (κ3) is 3.48. The number of fused-ring (bicyclic) bond motifs is 1. The van der Waals surface area contributed by atoms with Crippen LogP contribution in [-0.2, 0) is 5.41 Å². The number of carbonyl (C=O) groups excluding carboxylic acids is 1. The van der Waals surface area contributed by atoms with Crippen LogP contribution in [0.3, 0.4) is 0 Å². The maximum absolute atomic E-state index is 12.6. The van der Waals surface area contributed by atoms with Gasteiger partial charge in [0.15, 0.2) is 5.78 Å². The van der Waals surface area contributed by atoms with Gasteiger partial charge in [-0.25, -0.2) is 4.79 Å². The molecule has 0 saturated heterocycles. The minimum absolute atomic E-state index is 0.0136. The van der Waals surface area contributed by atoms with E-state index in [1.54, 1.807) is 24.3 Å². The molecule has 0 aromatic heterocycles. The molecule has 2 aromatic carbocycles. The molecule has 25 heavy (non-hydrogen) atoms. The van der Waals surface area contributed by atoms with Gasteiger partial charge in [-0.3, -0.25) is 4.79 Å². The van der Waals surface area contributed by atoms with Crippen LogP contribution in [-0.4, -0.2) is 23.5 Å². The number of ether oxygens (including phenoxy) is 1. The second-order valence-electron chi connectivity index (χ2n) is 6.79. The molecule has 0 amide bonds. The van der Waals surface area contributed by atoms with E-state index in [2.05, 4.69) is 13.8 Å². The zero-order valence-corrected chi connectivity index (χ0v) is 14.3. The highest BCUT2D eigenvalue weighted by Gasteiger charge is 2.30. The van der Waals surface area contributed by atoms with Crippen LogP contribution in [0, 0.1) is 0 Å². The van der Waals surface area contributed by atoms with E-state index in [1.165, 1.54) is 18.2 Å². The van der Waals surface area contributed by atoms with Crippen LogP contribution in [0.2, 0.25) is 0 Å². The average molecular weight is 336 g/mol. The van der Waals surface area contributed by atoms with Crippen molar-refractivity contribution in [1.82, 2.24) is 0 Å². The Morgan fingerprint density at radius 3 is 2.52 bits per heavy atom. The molecule has 3 rings (SSSR count). The van der Waals surface area contributed by atoms with Crippen LogP contribution in [0.25, 0.3) is 6.08 Å². The maximum atomic E-state index is 12.6. The number of hydrogen-bond donors (Lipinski definition) is 1. The smallest absolute Gasteiger partial charge is 0.335 e. The van der Waals surface area contributed by atoms with Crippen molar-refractivity contribution in [2.75, 3.05) is 6.61 Å². The monoisotopic (exact) mass is 336 g/mol. The molecule has 4 heteroatoms. The minimum atomic E-state index is -0.970. The lowest BCUT2D eigenvalue weighted by Crippen LogP contribution is -2.27. The molecule has 1 aliphatic heterocycles. The van der Waals surface area contributed by atoms with E-state index >= 15 is 0 Å². The summed E-state index contributed by atoms with van der Waals surface area (Å²) in [6.07, 6.45) is 4.10. The Hall–Kier alpha value is -2.88. The van der Waals surface area contributed by atoms with E-state index in [4.69, 9.17) is 9.84 Å². The van der Waals surface area contributed by atoms with Gasteiger partial charge in [-0.2, -0.15) is 0 Å². The van der Waals surface area contributed by atoms with Crippen molar-refractivity contribution >= 4 is 17.8 Å². The predicted molar refractivity (Wildman–Crippen MR) is 96.3 cm³/mol. The number of benzene rings is 2. The van der Waals surface area contributed by atoms with Crippen molar-refractivity contribution < 1.29 is 19.4 Å². The first kappa shape index (κ1) is 17.0. The molecule has 0 unspecified atom stereocenters. The molecule has 0 spiro atoms. The van der Waals surface area contributed by atoms with Crippen molar-refractivity contribution in [3.05, 3.63) is 70.8 Å². The van der Waals surface area contributed by atoms with Crippen LogP contribution < -0.4 is 4.74 Å². The van der Waals surface area contributed by atoms with Gasteiger partial charge in [-0.05, 0) is 41.7 Å². The Morgan fingerprint density at radius 1 is 1.12 bits per heavy atom. The molecule has 2 aromatic rings. The number of carbonyl (C=O) groups is 2. The van der Waals surface area contributed by atoms with Gasteiger partial charge >= 0.3 is 5.97 Å². The molecule has 1 N–H and O–H groups in total. The molecular formula is C21H20O4. The van der Waals surface area contributed by atoms with Crippen LogP contribution >= 0.6 is 0 Å². The quantitative estimate of drug-likeness (QED) is 0.666. The molecular weight excluding hydrogens is 316 g/mol. The molecule has 0 atom stereocenters. The van der Waals surface area contributed by atoms with E-state index in [1.807, 2.05) is 12.1 Å². The van der Waals surface area contributed by atoms with Gasteiger partial charge in [0, 0.05) is 5.56 Å². The van der Waals surface area contributed by atoms with E-state index < -0.39 is 5.97 Å². The number of hydrogen-bond acceptors (Lipinski definition) is 3. The molecule has 0 bridgehead atoms. The Morgan fingerprint density at radius 2 is 1.84 bits per heavy atom. The molecule has 1 aliphatic rings. The number of carboxylic acids is 1. The largest absolute Gasteiger partial charge is 0.492 e. The van der Waals surface area contributed by atoms with Crippen molar-refractivity contribution in [1.29, 1.82) is 0 Å². The SMILES string of the molecule is CC1(C)CCOc2c(C(=O)/C=C/c3ccc(C(=O)O)cc3)cccc21. The number of ketones is 1. The van der Waals surface area contributed by atoms with Crippen LogP contribution in [0.4, 0.5) is 0 Å². The van der Waals surface area contributed by atoms with E-state index in [0.717, 1.165) is 17.5 Å². The maximum Gasteiger partial charge on any atom is 0.335 e. The summed E-state index contributed by atoms with van der Waals surface area (Å²) in [6, 6.07) is 12.1. The van der Waals surface area contributed by atoms with Gasteiger partial charge < -0.3 is 9.84 Å². The Bertz CT molecular complexity index is 845. The first-order valence-electron chi connectivity index (χ1n) is 8.20. The summed E-state index contributed by atoms with van der Waals surface area (Å²) in [5.74, 6) is -0.422. The zero-order chi connectivity index (χ0) is 18.0. The highest BCUT2D eigenvalue weighted by molar-refractivity contribution is 6.09. The lowest BCUT2D eigenvalue weighted by Gasteiger charge is -2.33. The number of para-hydroxylation sites is 1. The first-order chi connectivity index (χ1) is 11.9. The highest BCUT2D eigenvalue weighted by Crippen LogP contribution is 2.40. The third-order valence-electron chi connectivity index (χ3n) is 4.57. The van der Waals surface area contributed by atoms with Gasteiger partial charge in [0.05, 0.1) is 17.7 Å². The fourth-order valence-corrected chi connectivity index (χ4v) is 2.96. The Balaban J connectivity index is 1.86. The standard InChI is InChI=1S/C21H20O4/c1-21(2)12-13-25-19-16(4-3-5-17(19)21)18(22)11-8-14-6-9-15(10-7-14)20(23)24/h3-11H,12-13H2,1-2H3,(H,23,24)/b11-8+.